The summed E-state index contributed by atoms with van der Waals surface area (Å²) in [6, 6.07) is 0. The molecule has 0 radical (unpaired) electrons. The van der Waals surface area contributed by atoms with Crippen molar-refractivity contribution in [2.45, 2.75) is 161 Å². The number of carbonyl (C=O) groups excluding carboxylic acids is 1. The summed E-state index contributed by atoms with van der Waals surface area (Å²) < 4.78 is 18.6. The predicted molar refractivity (Wildman–Crippen MR) is 175 cm³/mol. The number of methoxy groups -OCH3 is 1. The molecule has 0 unspecified atom stereocenters. The molecule has 234 valence electrons. The number of aliphatic hydroxyl groups is 1. The standard InChI is InChI=1S/C33H64O5Si2/c1-13-14-17-20-26(37-39(9,10)32(2,3)4)23-24-27-28(21-18-15-16-19-22-31(35)36-8)30(25-29(27)34)38-40(11,12)33(5,6)7/h15,18,23-24,26-30,34H,13-14,16-17,19-22,25H2,1-12H3/b18-15-,24-23+/t26-,27+,28-,29+,30-/m0/s1. The topological polar surface area (TPSA) is 65.0 Å². The Bertz CT molecular complexity index is 807. The third kappa shape index (κ3) is 11.9. The molecule has 0 heterocycles. The lowest BCUT2D eigenvalue weighted by molar-refractivity contribution is -0.140. The van der Waals surface area contributed by atoms with Crippen LogP contribution in [0.15, 0.2) is 24.3 Å². The quantitative estimate of drug-likeness (QED) is 0.0833. The number of hydrogen-bond donors (Lipinski definition) is 1. The molecule has 0 aromatic carbocycles. The Kier molecular flexibility index (Phi) is 15.1. The smallest absolute Gasteiger partial charge is 0.305 e. The van der Waals surface area contributed by atoms with E-state index >= 15 is 0 Å². The number of carbonyl (C=O) groups is 1. The fraction of sp³-hybridized carbons (Fsp3) is 0.848. The fourth-order valence-corrected chi connectivity index (χ4v) is 7.50. The van der Waals surface area contributed by atoms with Gasteiger partial charge in [-0.2, -0.15) is 0 Å². The van der Waals surface area contributed by atoms with E-state index in [4.69, 9.17) is 13.6 Å². The molecular weight excluding hydrogens is 533 g/mol. The van der Waals surface area contributed by atoms with E-state index in [1.807, 2.05) is 0 Å². The van der Waals surface area contributed by atoms with Crippen LogP contribution < -0.4 is 0 Å². The Balaban J connectivity index is 3.17. The Morgan fingerprint density at radius 1 is 0.975 bits per heavy atom. The number of rotatable bonds is 16. The maximum absolute atomic E-state index is 11.4. The van der Waals surface area contributed by atoms with Crippen molar-refractivity contribution in [3.63, 3.8) is 0 Å². The van der Waals surface area contributed by atoms with Crippen molar-refractivity contribution in [2.75, 3.05) is 7.11 Å². The van der Waals surface area contributed by atoms with Crippen LogP contribution in [0.4, 0.5) is 0 Å². The van der Waals surface area contributed by atoms with E-state index in [1.54, 1.807) is 0 Å². The Hall–Kier alpha value is -0.736. The normalized spacial score (nSPS) is 23.8. The van der Waals surface area contributed by atoms with Gasteiger partial charge >= 0.3 is 5.97 Å². The van der Waals surface area contributed by atoms with Crippen LogP contribution in [0.5, 0.6) is 0 Å². The van der Waals surface area contributed by atoms with Gasteiger partial charge < -0.3 is 18.7 Å². The van der Waals surface area contributed by atoms with Gasteiger partial charge in [0.15, 0.2) is 16.6 Å². The predicted octanol–water partition coefficient (Wildman–Crippen LogP) is 9.19. The van der Waals surface area contributed by atoms with Crippen LogP contribution in [0.25, 0.3) is 0 Å². The van der Waals surface area contributed by atoms with Gasteiger partial charge in [-0.05, 0) is 74.3 Å². The van der Waals surface area contributed by atoms with Gasteiger partial charge in [0.1, 0.15) is 0 Å². The number of unbranched alkanes of at least 4 members (excludes halogenated alkanes) is 3. The summed E-state index contributed by atoms with van der Waals surface area (Å²) in [5, 5.41) is 11.6. The van der Waals surface area contributed by atoms with Crippen molar-refractivity contribution in [2.24, 2.45) is 11.8 Å². The number of esters is 1. The van der Waals surface area contributed by atoms with E-state index in [-0.39, 0.29) is 40.1 Å². The van der Waals surface area contributed by atoms with E-state index in [0.717, 1.165) is 32.1 Å². The maximum atomic E-state index is 11.4. The van der Waals surface area contributed by atoms with Crippen LogP contribution in [0.3, 0.4) is 0 Å². The minimum atomic E-state index is -2.00. The van der Waals surface area contributed by atoms with Crippen LogP contribution >= 0.6 is 0 Å². The second-order valence-electron chi connectivity index (χ2n) is 14.9. The second kappa shape index (κ2) is 16.2. The Morgan fingerprint density at radius 3 is 2.15 bits per heavy atom. The molecule has 0 spiro atoms. The van der Waals surface area contributed by atoms with Crippen LogP contribution in [-0.2, 0) is 18.4 Å². The first-order chi connectivity index (χ1) is 18.4. The molecule has 1 saturated carbocycles. The Morgan fingerprint density at radius 2 is 1.60 bits per heavy atom. The van der Waals surface area contributed by atoms with Crippen LogP contribution in [0, 0.1) is 11.8 Å². The Labute approximate surface area is 249 Å². The van der Waals surface area contributed by atoms with Gasteiger partial charge in [0.25, 0.3) is 0 Å². The molecule has 1 fully saturated rings. The third-order valence-corrected chi connectivity index (χ3v) is 18.6. The molecule has 0 amide bonds. The molecule has 5 atom stereocenters. The highest BCUT2D eigenvalue weighted by molar-refractivity contribution is 6.74. The summed E-state index contributed by atoms with van der Waals surface area (Å²) in [6.45, 7) is 25.2. The summed E-state index contributed by atoms with van der Waals surface area (Å²) in [4.78, 5) is 11.4. The first kappa shape index (κ1) is 37.3. The van der Waals surface area contributed by atoms with E-state index in [9.17, 15) is 9.90 Å². The molecule has 1 N–H and O–H groups in total. The van der Waals surface area contributed by atoms with Gasteiger partial charge in [-0.1, -0.05) is 92.0 Å². The molecule has 0 aromatic rings. The highest BCUT2D eigenvalue weighted by Gasteiger charge is 2.47. The third-order valence-electron chi connectivity index (χ3n) is 9.59. The molecule has 1 rings (SSSR count). The summed E-state index contributed by atoms with van der Waals surface area (Å²) in [7, 11) is -2.49. The fourth-order valence-electron chi connectivity index (χ4n) is 4.81. The molecule has 0 aliphatic heterocycles. The van der Waals surface area contributed by atoms with Crippen LogP contribution in [-0.4, -0.2) is 53.1 Å². The zero-order chi connectivity index (χ0) is 30.8. The molecule has 40 heavy (non-hydrogen) atoms. The van der Waals surface area contributed by atoms with Crippen molar-refractivity contribution >= 4 is 22.6 Å². The minimum Gasteiger partial charge on any atom is -0.469 e. The van der Waals surface area contributed by atoms with Crippen LogP contribution in [0.2, 0.25) is 36.3 Å². The van der Waals surface area contributed by atoms with Gasteiger partial charge in [-0.25, -0.2) is 0 Å². The van der Waals surface area contributed by atoms with Crippen molar-refractivity contribution in [3.8, 4) is 0 Å². The van der Waals surface area contributed by atoms with Crippen molar-refractivity contribution in [1.29, 1.82) is 0 Å². The highest BCUT2D eigenvalue weighted by atomic mass is 28.4. The number of aliphatic hydroxyl groups excluding tert-OH is 1. The zero-order valence-electron chi connectivity index (χ0n) is 28.1. The summed E-state index contributed by atoms with van der Waals surface area (Å²) >= 11 is 0. The van der Waals surface area contributed by atoms with Crippen molar-refractivity contribution in [3.05, 3.63) is 24.3 Å². The van der Waals surface area contributed by atoms with Gasteiger partial charge in [0.2, 0.25) is 0 Å². The average molecular weight is 597 g/mol. The minimum absolute atomic E-state index is 0.0325. The van der Waals surface area contributed by atoms with Crippen molar-refractivity contribution in [1.82, 2.24) is 0 Å². The average Bonchev–Trinajstić information content (AvgIpc) is 3.10. The summed E-state index contributed by atoms with van der Waals surface area (Å²) in [5.41, 5.74) is 0. The molecule has 7 heteroatoms. The monoisotopic (exact) mass is 596 g/mol. The molecule has 1 aliphatic rings. The molecule has 0 bridgehead atoms. The number of ether oxygens (including phenoxy) is 1. The van der Waals surface area contributed by atoms with Crippen molar-refractivity contribution < 1.29 is 23.5 Å². The van der Waals surface area contributed by atoms with Gasteiger partial charge in [-0.3, -0.25) is 4.79 Å². The first-order valence-corrected chi connectivity index (χ1v) is 21.6. The second-order valence-corrected chi connectivity index (χ2v) is 24.4. The molecule has 0 aromatic heterocycles. The molecule has 1 aliphatic carbocycles. The largest absolute Gasteiger partial charge is 0.469 e. The molecule has 5 nitrogen and oxygen atoms in total. The highest BCUT2D eigenvalue weighted by Crippen LogP contribution is 2.44. The molecule has 0 saturated heterocycles. The SMILES string of the molecule is CCCCC[C@@H](/C=C/[C@@H]1[C@H](C/C=C\CCCC(=O)OC)[C@@H](O[Si](C)(C)C(C)(C)C)C[C@H]1O)O[Si](C)(C)C(C)(C)C. The van der Waals surface area contributed by atoms with E-state index in [0.29, 0.717) is 12.8 Å². The van der Waals surface area contributed by atoms with Gasteiger partial charge in [0.05, 0.1) is 25.4 Å². The van der Waals surface area contributed by atoms with Gasteiger partial charge in [0, 0.05) is 12.3 Å². The maximum Gasteiger partial charge on any atom is 0.305 e. The lowest BCUT2D eigenvalue weighted by Gasteiger charge is -2.40. The lowest BCUT2D eigenvalue weighted by Crippen LogP contribution is -2.45. The number of hydrogen-bond acceptors (Lipinski definition) is 5. The summed E-state index contributed by atoms with van der Waals surface area (Å²) in [6.07, 6.45) is 16.8. The molecular formula is C33H64O5Si2. The van der Waals surface area contributed by atoms with Crippen LogP contribution in [0.1, 0.15) is 106 Å². The summed E-state index contributed by atoms with van der Waals surface area (Å²) in [5.74, 6) is 0.0846. The number of allylic oxidation sites excluding steroid dienone is 2. The zero-order valence-corrected chi connectivity index (χ0v) is 30.1. The van der Waals surface area contributed by atoms with E-state index < -0.39 is 22.7 Å². The lowest BCUT2D eigenvalue weighted by atomic mass is 9.89. The van der Waals surface area contributed by atoms with E-state index in [2.05, 4.69) is 99.0 Å². The first-order valence-electron chi connectivity index (χ1n) is 15.8. The van der Waals surface area contributed by atoms with E-state index in [1.165, 1.54) is 20.0 Å². The van der Waals surface area contributed by atoms with Gasteiger partial charge in [-0.15, -0.1) is 0 Å².